The van der Waals surface area contributed by atoms with Crippen molar-refractivity contribution >= 4 is 28.7 Å². The predicted molar refractivity (Wildman–Crippen MR) is 100 cm³/mol. The van der Waals surface area contributed by atoms with Crippen molar-refractivity contribution < 1.29 is 19.1 Å². The maximum absolute atomic E-state index is 12.9. The van der Waals surface area contributed by atoms with Gasteiger partial charge in [-0.25, -0.2) is 4.79 Å². The first-order valence-electron chi connectivity index (χ1n) is 8.38. The molecule has 0 unspecified atom stereocenters. The number of fused-ring (bicyclic) bond motifs is 1. The molecule has 0 aliphatic carbocycles. The van der Waals surface area contributed by atoms with E-state index in [1.807, 2.05) is 42.5 Å². The van der Waals surface area contributed by atoms with E-state index in [-0.39, 0.29) is 5.91 Å². The zero-order valence-corrected chi connectivity index (χ0v) is 15.1. The van der Waals surface area contributed by atoms with Crippen LogP contribution in [0.25, 0.3) is 16.8 Å². The number of hydrogen-bond donors (Lipinski definition) is 0. The van der Waals surface area contributed by atoms with E-state index in [1.165, 1.54) is 7.11 Å². The molecule has 0 saturated heterocycles. The number of carbonyl (C=O) groups excluding carboxylic acids is 2. The van der Waals surface area contributed by atoms with Crippen molar-refractivity contribution in [3.63, 3.8) is 0 Å². The van der Waals surface area contributed by atoms with Crippen molar-refractivity contribution in [2.45, 2.75) is 6.92 Å². The van der Waals surface area contributed by atoms with Crippen LogP contribution in [0, 0.1) is 0 Å². The van der Waals surface area contributed by atoms with Gasteiger partial charge >= 0.3 is 5.97 Å². The van der Waals surface area contributed by atoms with Gasteiger partial charge in [0.05, 0.1) is 24.9 Å². The van der Waals surface area contributed by atoms with E-state index in [0.29, 0.717) is 30.0 Å². The van der Waals surface area contributed by atoms with Gasteiger partial charge in [-0.3, -0.25) is 4.79 Å². The van der Waals surface area contributed by atoms with E-state index in [1.54, 1.807) is 25.0 Å². The smallest absolute Gasteiger partial charge is 0.340 e. The van der Waals surface area contributed by atoms with Crippen LogP contribution in [0.15, 0.2) is 59.3 Å². The number of benzene rings is 2. The average molecular weight is 351 g/mol. The average Bonchev–Trinajstić information content (AvgIpc) is 2.89. The van der Waals surface area contributed by atoms with Crippen LogP contribution in [0.5, 0.6) is 0 Å². The van der Waals surface area contributed by atoms with Gasteiger partial charge < -0.3 is 14.4 Å². The summed E-state index contributed by atoms with van der Waals surface area (Å²) < 4.78 is 9.99. The summed E-state index contributed by atoms with van der Waals surface area (Å²) >= 11 is 0. The second-order valence-electron chi connectivity index (χ2n) is 6.03. The molecule has 0 atom stereocenters. The Labute approximate surface area is 152 Å². The first-order valence-corrected chi connectivity index (χ1v) is 8.38. The second-order valence-corrected chi connectivity index (χ2v) is 6.03. The minimum Gasteiger partial charge on any atom is -0.465 e. The lowest BCUT2D eigenvalue weighted by Crippen LogP contribution is -2.28. The molecule has 26 heavy (non-hydrogen) atoms. The van der Waals surface area contributed by atoms with Gasteiger partial charge in [-0.1, -0.05) is 42.5 Å². The molecule has 1 aliphatic heterocycles. The molecule has 0 fully saturated rings. The van der Waals surface area contributed by atoms with Crippen LogP contribution in [0.4, 0.5) is 0 Å². The van der Waals surface area contributed by atoms with E-state index in [4.69, 9.17) is 9.47 Å². The standard InChI is InChI=1S/C21H21NO4/c1-14-19(21(24)26-3)18(20(23)22(14)11-12-25-2)13-16-9-6-8-15-7-4-5-10-17(15)16/h4-10,13H,11-12H2,1-3H3/b18-13-. The maximum Gasteiger partial charge on any atom is 0.340 e. The molecule has 1 aliphatic rings. The fourth-order valence-corrected chi connectivity index (χ4v) is 3.21. The Morgan fingerprint density at radius 1 is 1.12 bits per heavy atom. The monoisotopic (exact) mass is 351 g/mol. The summed E-state index contributed by atoms with van der Waals surface area (Å²) in [6, 6.07) is 13.8. The van der Waals surface area contributed by atoms with Crippen molar-refractivity contribution in [1.29, 1.82) is 0 Å². The van der Waals surface area contributed by atoms with E-state index in [0.717, 1.165) is 16.3 Å². The molecular formula is C21H21NO4. The Hall–Kier alpha value is -2.92. The molecule has 2 aromatic rings. The summed E-state index contributed by atoms with van der Waals surface area (Å²) in [5, 5.41) is 2.09. The largest absolute Gasteiger partial charge is 0.465 e. The van der Waals surface area contributed by atoms with Crippen LogP contribution < -0.4 is 0 Å². The molecule has 3 rings (SSSR count). The van der Waals surface area contributed by atoms with Crippen LogP contribution in [0.1, 0.15) is 12.5 Å². The molecule has 0 spiro atoms. The van der Waals surface area contributed by atoms with E-state index >= 15 is 0 Å². The number of nitrogens with zero attached hydrogens (tertiary/aromatic N) is 1. The quantitative estimate of drug-likeness (QED) is 0.613. The minimum atomic E-state index is -0.512. The van der Waals surface area contributed by atoms with Gasteiger partial charge in [0.1, 0.15) is 0 Å². The third kappa shape index (κ3) is 3.13. The van der Waals surface area contributed by atoms with Crippen molar-refractivity contribution in [2.24, 2.45) is 0 Å². The van der Waals surface area contributed by atoms with Crippen LogP contribution >= 0.6 is 0 Å². The molecule has 1 heterocycles. The number of rotatable bonds is 5. The minimum absolute atomic E-state index is 0.215. The first-order chi connectivity index (χ1) is 12.6. The SMILES string of the molecule is COCCN1C(=O)/C(=C\c2cccc3ccccc23)C(C(=O)OC)=C1C. The number of methoxy groups -OCH3 is 2. The fourth-order valence-electron chi connectivity index (χ4n) is 3.21. The zero-order valence-electron chi connectivity index (χ0n) is 15.1. The summed E-state index contributed by atoms with van der Waals surface area (Å²) in [5.41, 5.74) is 2.13. The molecule has 0 saturated carbocycles. The highest BCUT2D eigenvalue weighted by Gasteiger charge is 2.36. The zero-order chi connectivity index (χ0) is 18.7. The molecule has 0 bridgehead atoms. The predicted octanol–water partition coefficient (Wildman–Crippen LogP) is 3.16. The fraction of sp³-hybridized carbons (Fsp3) is 0.238. The number of carbonyl (C=O) groups is 2. The Kier molecular flexibility index (Phi) is 5.19. The summed E-state index contributed by atoms with van der Waals surface area (Å²) in [6.45, 7) is 2.53. The molecule has 2 aromatic carbocycles. The number of esters is 1. The van der Waals surface area contributed by atoms with Gasteiger partial charge in [0.15, 0.2) is 0 Å². The molecule has 0 radical (unpaired) electrons. The summed E-state index contributed by atoms with van der Waals surface area (Å²) in [6.07, 6.45) is 1.77. The summed E-state index contributed by atoms with van der Waals surface area (Å²) in [7, 11) is 2.90. The van der Waals surface area contributed by atoms with Crippen LogP contribution in [0.2, 0.25) is 0 Å². The number of ether oxygens (including phenoxy) is 2. The van der Waals surface area contributed by atoms with Gasteiger partial charge in [0.2, 0.25) is 0 Å². The van der Waals surface area contributed by atoms with E-state index in [2.05, 4.69) is 0 Å². The summed E-state index contributed by atoms with van der Waals surface area (Å²) in [5.74, 6) is -0.727. The third-order valence-corrected chi connectivity index (χ3v) is 4.54. The maximum atomic E-state index is 12.9. The highest BCUT2D eigenvalue weighted by atomic mass is 16.5. The highest BCUT2D eigenvalue weighted by Crippen LogP contribution is 2.32. The lowest BCUT2D eigenvalue weighted by molar-refractivity contribution is -0.136. The molecule has 5 nitrogen and oxygen atoms in total. The van der Waals surface area contributed by atoms with Crippen LogP contribution in [-0.2, 0) is 19.1 Å². The highest BCUT2D eigenvalue weighted by molar-refractivity contribution is 6.17. The lowest BCUT2D eigenvalue weighted by Gasteiger charge is -2.16. The molecule has 0 N–H and O–H groups in total. The van der Waals surface area contributed by atoms with Crippen LogP contribution in [0.3, 0.4) is 0 Å². The molecular weight excluding hydrogens is 330 g/mol. The van der Waals surface area contributed by atoms with Gasteiger partial charge in [0.25, 0.3) is 5.91 Å². The van der Waals surface area contributed by atoms with E-state index < -0.39 is 5.97 Å². The van der Waals surface area contributed by atoms with Gasteiger partial charge in [-0.2, -0.15) is 0 Å². The molecule has 5 heteroatoms. The first kappa shape index (κ1) is 17.9. The van der Waals surface area contributed by atoms with Crippen LogP contribution in [-0.4, -0.2) is 44.1 Å². The Bertz CT molecular complexity index is 921. The Morgan fingerprint density at radius 2 is 1.85 bits per heavy atom. The number of allylic oxidation sites excluding steroid dienone is 1. The second kappa shape index (κ2) is 7.54. The van der Waals surface area contributed by atoms with Crippen molar-refractivity contribution in [1.82, 2.24) is 4.90 Å². The van der Waals surface area contributed by atoms with Crippen molar-refractivity contribution in [3.8, 4) is 0 Å². The van der Waals surface area contributed by atoms with Gasteiger partial charge in [-0.15, -0.1) is 0 Å². The molecule has 134 valence electrons. The number of amides is 1. The Morgan fingerprint density at radius 3 is 2.58 bits per heavy atom. The molecule has 0 aromatic heterocycles. The molecule has 1 amide bonds. The van der Waals surface area contributed by atoms with Gasteiger partial charge in [0, 0.05) is 19.4 Å². The van der Waals surface area contributed by atoms with Crippen molar-refractivity contribution in [3.05, 3.63) is 64.9 Å². The number of hydrogen-bond acceptors (Lipinski definition) is 4. The Balaban J connectivity index is 2.13. The van der Waals surface area contributed by atoms with Crippen molar-refractivity contribution in [2.75, 3.05) is 27.4 Å². The third-order valence-electron chi connectivity index (χ3n) is 4.54. The lowest BCUT2D eigenvalue weighted by atomic mass is 9.99. The van der Waals surface area contributed by atoms with E-state index in [9.17, 15) is 9.59 Å². The summed E-state index contributed by atoms with van der Waals surface area (Å²) in [4.78, 5) is 26.8. The van der Waals surface area contributed by atoms with Gasteiger partial charge in [-0.05, 0) is 29.3 Å². The normalized spacial score (nSPS) is 16.0. The topological polar surface area (TPSA) is 55.8 Å².